The molecule has 0 radical (unpaired) electrons. The van der Waals surface area contributed by atoms with Crippen LogP contribution in [0.2, 0.25) is 0 Å². The van der Waals surface area contributed by atoms with Gasteiger partial charge in [0.2, 0.25) is 0 Å². The van der Waals surface area contributed by atoms with Gasteiger partial charge in [-0.2, -0.15) is 5.10 Å². The molecular weight excluding hydrogens is 432 g/mol. The summed E-state index contributed by atoms with van der Waals surface area (Å²) in [6.45, 7) is 4.15. The standard InChI is InChI=1S/C30H28N4O/c1-21(2)29-25(20-31-28-19-27(33-34(28)29)24-16-10-5-11-17-24)30(35)32-26(23-14-8-4-9-15-23)18-22-12-6-3-7-13-22/h3-17,19-21,26H,18H2,1-2H3,(H,32,35)/t26-/m1/s1. The summed E-state index contributed by atoms with van der Waals surface area (Å²) in [6, 6.07) is 32.1. The lowest BCUT2D eigenvalue weighted by Crippen LogP contribution is -2.31. The first kappa shape index (κ1) is 22.5. The zero-order chi connectivity index (χ0) is 24.2. The average molecular weight is 461 g/mol. The molecule has 0 unspecified atom stereocenters. The van der Waals surface area contributed by atoms with Gasteiger partial charge in [-0.25, -0.2) is 9.50 Å². The van der Waals surface area contributed by atoms with Crippen molar-refractivity contribution in [2.24, 2.45) is 0 Å². The average Bonchev–Trinajstić information content (AvgIpc) is 3.33. The highest BCUT2D eigenvalue weighted by atomic mass is 16.1. The minimum atomic E-state index is -0.167. The fraction of sp³-hybridized carbons (Fsp3) is 0.167. The number of rotatable bonds is 7. The van der Waals surface area contributed by atoms with Crippen LogP contribution in [0.5, 0.6) is 0 Å². The van der Waals surface area contributed by atoms with Crippen LogP contribution in [0.1, 0.15) is 53.0 Å². The van der Waals surface area contributed by atoms with Gasteiger partial charge < -0.3 is 5.32 Å². The van der Waals surface area contributed by atoms with Crippen molar-refractivity contribution in [3.8, 4) is 11.3 Å². The lowest BCUT2D eigenvalue weighted by atomic mass is 9.98. The first-order valence-corrected chi connectivity index (χ1v) is 11.9. The molecule has 174 valence electrons. The van der Waals surface area contributed by atoms with Gasteiger partial charge in [0.05, 0.1) is 23.0 Å². The van der Waals surface area contributed by atoms with Crippen molar-refractivity contribution in [1.29, 1.82) is 0 Å². The van der Waals surface area contributed by atoms with Gasteiger partial charge >= 0.3 is 0 Å². The number of hydrogen-bond donors (Lipinski definition) is 1. The number of amides is 1. The summed E-state index contributed by atoms with van der Waals surface area (Å²) < 4.78 is 1.82. The van der Waals surface area contributed by atoms with E-state index < -0.39 is 0 Å². The van der Waals surface area contributed by atoms with Gasteiger partial charge in [0.1, 0.15) is 0 Å². The maximum absolute atomic E-state index is 13.7. The minimum absolute atomic E-state index is 0.0778. The van der Waals surface area contributed by atoms with E-state index in [4.69, 9.17) is 5.10 Å². The van der Waals surface area contributed by atoms with Gasteiger partial charge in [0.25, 0.3) is 5.91 Å². The number of fused-ring (bicyclic) bond motifs is 1. The van der Waals surface area contributed by atoms with E-state index in [1.54, 1.807) is 6.20 Å². The number of hydrogen-bond acceptors (Lipinski definition) is 3. The van der Waals surface area contributed by atoms with E-state index in [9.17, 15) is 4.79 Å². The van der Waals surface area contributed by atoms with E-state index in [2.05, 4.69) is 48.4 Å². The number of carbonyl (C=O) groups is 1. The second-order valence-electron chi connectivity index (χ2n) is 9.00. The van der Waals surface area contributed by atoms with Crippen LogP contribution in [0.25, 0.3) is 16.9 Å². The molecule has 2 aromatic heterocycles. The highest BCUT2D eigenvalue weighted by molar-refractivity contribution is 5.95. The predicted octanol–water partition coefficient (Wildman–Crippen LogP) is 6.23. The molecule has 0 saturated carbocycles. The fourth-order valence-electron chi connectivity index (χ4n) is 4.46. The van der Waals surface area contributed by atoms with E-state index >= 15 is 0 Å². The Hall–Kier alpha value is -4.25. The first-order chi connectivity index (χ1) is 17.1. The van der Waals surface area contributed by atoms with Gasteiger partial charge in [-0.1, -0.05) is 105 Å². The number of nitrogens with zero attached hydrogens (tertiary/aromatic N) is 3. The van der Waals surface area contributed by atoms with Gasteiger partial charge in [0.15, 0.2) is 5.65 Å². The van der Waals surface area contributed by atoms with Crippen LogP contribution in [0.3, 0.4) is 0 Å². The Morgan fingerprint density at radius 2 is 1.51 bits per heavy atom. The van der Waals surface area contributed by atoms with Crippen molar-refractivity contribution in [2.75, 3.05) is 0 Å². The number of nitrogens with one attached hydrogen (secondary N) is 1. The topological polar surface area (TPSA) is 59.3 Å². The number of benzene rings is 3. The molecule has 5 heteroatoms. The number of carbonyl (C=O) groups excluding carboxylic acids is 1. The van der Waals surface area contributed by atoms with E-state index in [1.807, 2.05) is 77.3 Å². The van der Waals surface area contributed by atoms with Gasteiger partial charge in [-0.15, -0.1) is 0 Å². The van der Waals surface area contributed by atoms with Crippen LogP contribution in [0.4, 0.5) is 0 Å². The minimum Gasteiger partial charge on any atom is -0.345 e. The molecule has 0 aliphatic rings. The molecule has 3 aromatic carbocycles. The zero-order valence-electron chi connectivity index (χ0n) is 19.9. The van der Waals surface area contributed by atoms with Crippen molar-refractivity contribution in [3.63, 3.8) is 0 Å². The quantitative estimate of drug-likeness (QED) is 0.313. The second-order valence-corrected chi connectivity index (χ2v) is 9.00. The lowest BCUT2D eigenvalue weighted by Gasteiger charge is -2.21. The van der Waals surface area contributed by atoms with E-state index in [0.717, 1.165) is 28.2 Å². The SMILES string of the molecule is CC(C)c1c(C(=O)N[C@H](Cc2ccccc2)c2ccccc2)cnc2cc(-c3ccccc3)nn12. The third-order valence-electron chi connectivity index (χ3n) is 6.17. The van der Waals surface area contributed by atoms with Crippen LogP contribution in [-0.4, -0.2) is 20.5 Å². The summed E-state index contributed by atoms with van der Waals surface area (Å²) in [5.74, 6) is -0.0706. The van der Waals surface area contributed by atoms with Crippen LogP contribution < -0.4 is 5.32 Å². The first-order valence-electron chi connectivity index (χ1n) is 11.9. The molecule has 5 rings (SSSR count). The van der Waals surface area contributed by atoms with Crippen molar-refractivity contribution in [2.45, 2.75) is 32.2 Å². The van der Waals surface area contributed by atoms with E-state index in [1.165, 1.54) is 5.56 Å². The van der Waals surface area contributed by atoms with Crippen molar-refractivity contribution >= 4 is 11.6 Å². The second kappa shape index (κ2) is 9.94. The van der Waals surface area contributed by atoms with Crippen LogP contribution >= 0.6 is 0 Å². The van der Waals surface area contributed by atoms with Gasteiger partial charge in [-0.05, 0) is 23.5 Å². The molecule has 1 amide bonds. The summed E-state index contributed by atoms with van der Waals surface area (Å²) in [6.07, 6.45) is 2.38. The van der Waals surface area contributed by atoms with Crippen LogP contribution in [0.15, 0.2) is 103 Å². The maximum atomic E-state index is 13.7. The largest absolute Gasteiger partial charge is 0.345 e. The molecule has 0 spiro atoms. The van der Waals surface area contributed by atoms with Crippen molar-refractivity contribution < 1.29 is 4.79 Å². The van der Waals surface area contributed by atoms with Gasteiger partial charge in [-0.3, -0.25) is 4.79 Å². The highest BCUT2D eigenvalue weighted by Crippen LogP contribution is 2.26. The Morgan fingerprint density at radius 3 is 2.17 bits per heavy atom. The van der Waals surface area contributed by atoms with Crippen molar-refractivity contribution in [3.05, 3.63) is 126 Å². The summed E-state index contributed by atoms with van der Waals surface area (Å²) in [5, 5.41) is 8.10. The molecule has 0 saturated heterocycles. The zero-order valence-corrected chi connectivity index (χ0v) is 19.9. The number of aromatic nitrogens is 3. The Bertz CT molecular complexity index is 1430. The Labute approximate surface area is 205 Å². The summed E-state index contributed by atoms with van der Waals surface area (Å²) in [4.78, 5) is 18.3. The molecule has 0 aliphatic heterocycles. The predicted molar refractivity (Wildman–Crippen MR) is 139 cm³/mol. The Balaban J connectivity index is 1.51. The van der Waals surface area contributed by atoms with Gasteiger partial charge in [0, 0.05) is 17.8 Å². The van der Waals surface area contributed by atoms with E-state index in [0.29, 0.717) is 12.0 Å². The molecule has 1 atom stereocenters. The molecule has 5 aromatic rings. The molecule has 5 nitrogen and oxygen atoms in total. The molecule has 35 heavy (non-hydrogen) atoms. The highest BCUT2D eigenvalue weighted by Gasteiger charge is 2.23. The lowest BCUT2D eigenvalue weighted by molar-refractivity contribution is 0.0934. The molecular formula is C30H28N4O. The summed E-state index contributed by atoms with van der Waals surface area (Å²) in [7, 11) is 0. The third kappa shape index (κ3) is 4.85. The summed E-state index contributed by atoms with van der Waals surface area (Å²) >= 11 is 0. The smallest absolute Gasteiger partial charge is 0.255 e. The van der Waals surface area contributed by atoms with Crippen LogP contribution in [0, 0.1) is 0 Å². The van der Waals surface area contributed by atoms with E-state index in [-0.39, 0.29) is 17.9 Å². The van der Waals surface area contributed by atoms with Crippen LogP contribution in [-0.2, 0) is 6.42 Å². The fourth-order valence-corrected chi connectivity index (χ4v) is 4.46. The monoisotopic (exact) mass is 460 g/mol. The Kier molecular flexibility index (Phi) is 6.40. The molecule has 2 heterocycles. The Morgan fingerprint density at radius 1 is 0.886 bits per heavy atom. The molecule has 0 bridgehead atoms. The maximum Gasteiger partial charge on any atom is 0.255 e. The molecule has 0 fully saturated rings. The molecule has 1 N–H and O–H groups in total. The normalized spacial score (nSPS) is 12.1. The third-order valence-corrected chi connectivity index (χ3v) is 6.17. The molecule has 0 aliphatic carbocycles. The summed E-state index contributed by atoms with van der Waals surface area (Å²) in [5.41, 5.74) is 6.21. The van der Waals surface area contributed by atoms with Crippen molar-refractivity contribution in [1.82, 2.24) is 19.9 Å².